The Morgan fingerprint density at radius 2 is 2.00 bits per heavy atom. The van der Waals surface area contributed by atoms with Crippen molar-refractivity contribution in [2.75, 3.05) is 37.0 Å². The Balaban J connectivity index is 1.82. The van der Waals surface area contributed by atoms with Gasteiger partial charge in [-0.25, -0.2) is 0 Å². The summed E-state index contributed by atoms with van der Waals surface area (Å²) in [6.45, 7) is 7.70. The molecule has 2 N–H and O–H groups in total. The fraction of sp³-hybridized carbons (Fsp3) is 0.611. The normalized spacial score (nSPS) is 15.8. The predicted molar refractivity (Wildman–Crippen MR) is 101 cm³/mol. The zero-order valence-electron chi connectivity index (χ0n) is 15.8. The highest BCUT2D eigenvalue weighted by molar-refractivity contribution is 5.89. The molecule has 136 valence electrons. The third kappa shape index (κ3) is 3.70. The van der Waals surface area contributed by atoms with Gasteiger partial charge in [0, 0.05) is 44.8 Å². The van der Waals surface area contributed by atoms with E-state index in [1.54, 1.807) is 0 Å². The molecule has 0 spiro atoms. The first-order valence-corrected chi connectivity index (χ1v) is 8.95. The smallest absolute Gasteiger partial charge is 0.228 e. The Labute approximate surface area is 148 Å². The van der Waals surface area contributed by atoms with Gasteiger partial charge < -0.3 is 20.1 Å². The van der Waals surface area contributed by atoms with Crippen LogP contribution in [0.3, 0.4) is 0 Å². The molecule has 7 nitrogen and oxygen atoms in total. The Bertz CT molecular complexity index is 758. The minimum Gasteiger partial charge on any atom is -0.356 e. The van der Waals surface area contributed by atoms with Crippen molar-refractivity contribution in [1.82, 2.24) is 20.3 Å². The first-order valence-electron chi connectivity index (χ1n) is 8.95. The lowest BCUT2D eigenvalue weighted by Gasteiger charge is -2.33. The molecule has 0 saturated carbocycles. The number of nitrogens with zero attached hydrogens (tertiary/aromatic N) is 4. The molecule has 1 amide bonds. The van der Waals surface area contributed by atoms with E-state index in [-0.39, 0.29) is 17.9 Å². The molecule has 3 rings (SSSR count). The van der Waals surface area contributed by atoms with Gasteiger partial charge in [-0.05, 0) is 39.7 Å². The number of aromatic amines is 1. The van der Waals surface area contributed by atoms with Crippen molar-refractivity contribution in [1.29, 1.82) is 0 Å². The number of carbonyl (C=O) groups is 1. The van der Waals surface area contributed by atoms with E-state index in [4.69, 9.17) is 4.98 Å². The second-order valence-corrected chi connectivity index (χ2v) is 7.38. The Kier molecular flexibility index (Phi) is 4.83. The number of aryl methyl sites for hydroxylation is 1. The summed E-state index contributed by atoms with van der Waals surface area (Å²) >= 11 is 0. The van der Waals surface area contributed by atoms with Crippen molar-refractivity contribution in [2.45, 2.75) is 39.7 Å². The van der Waals surface area contributed by atoms with Gasteiger partial charge in [0.05, 0.1) is 5.39 Å². The maximum absolute atomic E-state index is 12.2. The van der Waals surface area contributed by atoms with E-state index in [1.165, 1.54) is 0 Å². The van der Waals surface area contributed by atoms with E-state index in [2.05, 4.69) is 26.3 Å². The largest absolute Gasteiger partial charge is 0.356 e. The van der Waals surface area contributed by atoms with Gasteiger partial charge in [0.2, 0.25) is 11.9 Å². The van der Waals surface area contributed by atoms with Crippen molar-refractivity contribution < 1.29 is 4.79 Å². The number of hydrogen-bond acceptors (Lipinski definition) is 5. The summed E-state index contributed by atoms with van der Waals surface area (Å²) in [5.74, 6) is 1.93. The molecule has 2 aromatic heterocycles. The van der Waals surface area contributed by atoms with E-state index in [0.29, 0.717) is 5.95 Å². The summed E-state index contributed by atoms with van der Waals surface area (Å²) in [6.07, 6.45) is 1.70. The van der Waals surface area contributed by atoms with Crippen LogP contribution in [0.15, 0.2) is 6.07 Å². The van der Waals surface area contributed by atoms with E-state index < -0.39 is 0 Å². The van der Waals surface area contributed by atoms with Gasteiger partial charge in [0.1, 0.15) is 11.5 Å². The average Bonchev–Trinajstić information content (AvgIpc) is 2.93. The first-order chi connectivity index (χ1) is 11.8. The highest BCUT2D eigenvalue weighted by Crippen LogP contribution is 2.30. The molecule has 0 aromatic carbocycles. The van der Waals surface area contributed by atoms with Gasteiger partial charge in [0.15, 0.2) is 0 Å². The molecule has 3 heterocycles. The number of carbonyl (C=O) groups excluding carboxylic acids is 1. The first kappa shape index (κ1) is 17.5. The van der Waals surface area contributed by atoms with Crippen molar-refractivity contribution in [3.8, 4) is 0 Å². The second kappa shape index (κ2) is 6.90. The number of H-pyrrole nitrogens is 1. The molecule has 0 aliphatic carbocycles. The number of aromatic nitrogens is 3. The molecule has 1 saturated heterocycles. The standard InChI is InChI=1S/C18H28N6O/c1-11(2)19-17(25)13-6-8-24(9-7-13)16-14-10-12(3)20-15(14)21-18(22-16)23(4)5/h10-11,13H,6-9H2,1-5H3,(H,19,25)(H,20,21,22). The molecule has 1 fully saturated rings. The SMILES string of the molecule is Cc1cc2c(N3CCC(C(=O)NC(C)C)CC3)nc(N(C)C)nc2[nH]1. The Morgan fingerprint density at radius 3 is 2.60 bits per heavy atom. The summed E-state index contributed by atoms with van der Waals surface area (Å²) in [5, 5.41) is 4.08. The van der Waals surface area contributed by atoms with Gasteiger partial charge in [-0.1, -0.05) is 0 Å². The molecule has 1 aliphatic rings. The van der Waals surface area contributed by atoms with Crippen molar-refractivity contribution in [3.05, 3.63) is 11.8 Å². The molecule has 0 atom stereocenters. The van der Waals surface area contributed by atoms with Crippen LogP contribution in [0, 0.1) is 12.8 Å². The van der Waals surface area contributed by atoms with Gasteiger partial charge in [-0.3, -0.25) is 4.79 Å². The lowest BCUT2D eigenvalue weighted by atomic mass is 9.95. The lowest BCUT2D eigenvalue weighted by molar-refractivity contribution is -0.126. The molecule has 1 aliphatic heterocycles. The van der Waals surface area contributed by atoms with Gasteiger partial charge in [-0.15, -0.1) is 0 Å². The maximum atomic E-state index is 12.2. The topological polar surface area (TPSA) is 77.2 Å². The molecule has 0 radical (unpaired) electrons. The number of hydrogen-bond donors (Lipinski definition) is 2. The monoisotopic (exact) mass is 344 g/mol. The summed E-state index contributed by atoms with van der Waals surface area (Å²) in [6, 6.07) is 2.29. The van der Waals surface area contributed by atoms with Crippen LogP contribution in [0.2, 0.25) is 0 Å². The summed E-state index contributed by atoms with van der Waals surface area (Å²) in [5.41, 5.74) is 1.94. The highest BCUT2D eigenvalue weighted by atomic mass is 16.1. The third-order valence-electron chi connectivity index (χ3n) is 4.59. The zero-order valence-corrected chi connectivity index (χ0v) is 15.8. The van der Waals surface area contributed by atoms with E-state index >= 15 is 0 Å². The van der Waals surface area contributed by atoms with Crippen LogP contribution < -0.4 is 15.1 Å². The van der Waals surface area contributed by atoms with E-state index in [9.17, 15) is 4.79 Å². The third-order valence-corrected chi connectivity index (χ3v) is 4.59. The zero-order chi connectivity index (χ0) is 18.1. The van der Waals surface area contributed by atoms with Gasteiger partial charge in [0.25, 0.3) is 0 Å². The van der Waals surface area contributed by atoms with Crippen molar-refractivity contribution >= 4 is 28.7 Å². The molecule has 7 heteroatoms. The van der Waals surface area contributed by atoms with Crippen molar-refractivity contribution in [3.63, 3.8) is 0 Å². The molecular weight excluding hydrogens is 316 g/mol. The van der Waals surface area contributed by atoms with E-state index in [0.717, 1.165) is 48.5 Å². The van der Waals surface area contributed by atoms with Crippen molar-refractivity contribution in [2.24, 2.45) is 5.92 Å². The Hall–Kier alpha value is -2.31. The number of piperidine rings is 1. The van der Waals surface area contributed by atoms with Crippen LogP contribution in [0.1, 0.15) is 32.4 Å². The fourth-order valence-corrected chi connectivity index (χ4v) is 3.31. The lowest BCUT2D eigenvalue weighted by Crippen LogP contribution is -2.42. The van der Waals surface area contributed by atoms with Crippen LogP contribution in [-0.4, -0.2) is 54.1 Å². The van der Waals surface area contributed by atoms with Crippen LogP contribution >= 0.6 is 0 Å². The van der Waals surface area contributed by atoms with Crippen LogP contribution in [-0.2, 0) is 4.79 Å². The van der Waals surface area contributed by atoms with Gasteiger partial charge >= 0.3 is 0 Å². The summed E-state index contributed by atoms with van der Waals surface area (Å²) < 4.78 is 0. The molecule has 2 aromatic rings. The molecule has 0 unspecified atom stereocenters. The molecule has 25 heavy (non-hydrogen) atoms. The number of nitrogens with one attached hydrogen (secondary N) is 2. The maximum Gasteiger partial charge on any atom is 0.228 e. The number of anilines is 2. The highest BCUT2D eigenvalue weighted by Gasteiger charge is 2.27. The summed E-state index contributed by atoms with van der Waals surface area (Å²) in [4.78, 5) is 29.1. The van der Waals surface area contributed by atoms with Crippen LogP contribution in [0.4, 0.5) is 11.8 Å². The Morgan fingerprint density at radius 1 is 1.32 bits per heavy atom. The van der Waals surface area contributed by atoms with Crippen LogP contribution in [0.25, 0.3) is 11.0 Å². The van der Waals surface area contributed by atoms with E-state index in [1.807, 2.05) is 39.8 Å². The minimum atomic E-state index is 0.0947. The second-order valence-electron chi connectivity index (χ2n) is 7.38. The fourth-order valence-electron chi connectivity index (χ4n) is 3.31. The molecule has 0 bridgehead atoms. The number of rotatable bonds is 4. The van der Waals surface area contributed by atoms with Crippen LogP contribution in [0.5, 0.6) is 0 Å². The van der Waals surface area contributed by atoms with Gasteiger partial charge in [-0.2, -0.15) is 9.97 Å². The quantitative estimate of drug-likeness (QED) is 0.888. The predicted octanol–water partition coefficient (Wildman–Crippen LogP) is 2.07. The summed E-state index contributed by atoms with van der Waals surface area (Å²) in [7, 11) is 3.90. The average molecular weight is 344 g/mol. The minimum absolute atomic E-state index is 0.0947. The molecular formula is C18H28N6O. The number of fused-ring (bicyclic) bond motifs is 1. The number of amides is 1.